The molecule has 29 heavy (non-hydrogen) atoms. The Morgan fingerprint density at radius 3 is 2.34 bits per heavy atom. The van der Waals surface area contributed by atoms with Crippen LogP contribution in [0.5, 0.6) is 5.75 Å². The van der Waals surface area contributed by atoms with Gasteiger partial charge in [0.2, 0.25) is 0 Å². The second kappa shape index (κ2) is 8.52. The van der Waals surface area contributed by atoms with Crippen LogP contribution in [0.2, 0.25) is 0 Å². The van der Waals surface area contributed by atoms with Gasteiger partial charge in [0.15, 0.2) is 0 Å². The maximum atomic E-state index is 5.30. The second-order valence-corrected chi connectivity index (χ2v) is 7.70. The molecule has 1 aliphatic heterocycles. The summed E-state index contributed by atoms with van der Waals surface area (Å²) >= 11 is 0. The van der Waals surface area contributed by atoms with E-state index in [4.69, 9.17) is 14.9 Å². The van der Waals surface area contributed by atoms with Crippen molar-refractivity contribution in [2.24, 2.45) is 5.10 Å². The van der Waals surface area contributed by atoms with Crippen molar-refractivity contribution in [2.75, 3.05) is 7.11 Å². The SMILES string of the molecule is COc1ccc(-c2nn(-c3ccccc3)cc2C=NN2C(C)CCCC2C)cc1. The quantitative estimate of drug-likeness (QED) is 0.568. The van der Waals surface area contributed by atoms with Gasteiger partial charge in [-0.3, -0.25) is 5.01 Å². The lowest BCUT2D eigenvalue weighted by atomic mass is 10.00. The van der Waals surface area contributed by atoms with Crippen LogP contribution in [0.4, 0.5) is 0 Å². The molecule has 0 N–H and O–H groups in total. The van der Waals surface area contributed by atoms with Gasteiger partial charge in [-0.15, -0.1) is 0 Å². The molecule has 1 saturated heterocycles. The summed E-state index contributed by atoms with van der Waals surface area (Å²) in [7, 11) is 1.68. The van der Waals surface area contributed by atoms with E-state index in [-0.39, 0.29) is 0 Å². The van der Waals surface area contributed by atoms with Gasteiger partial charge < -0.3 is 4.74 Å². The highest BCUT2D eigenvalue weighted by atomic mass is 16.5. The van der Waals surface area contributed by atoms with Gasteiger partial charge in [0.1, 0.15) is 11.4 Å². The highest BCUT2D eigenvalue weighted by molar-refractivity contribution is 5.88. The van der Waals surface area contributed by atoms with Crippen LogP contribution in [0.3, 0.4) is 0 Å². The maximum Gasteiger partial charge on any atom is 0.118 e. The molecule has 2 atom stereocenters. The highest BCUT2D eigenvalue weighted by Crippen LogP contribution is 2.26. The molecule has 3 aromatic rings. The number of hydrogen-bond acceptors (Lipinski definition) is 4. The first kappa shape index (κ1) is 19.2. The van der Waals surface area contributed by atoms with Crippen molar-refractivity contribution >= 4 is 6.21 Å². The molecule has 0 aliphatic carbocycles. The van der Waals surface area contributed by atoms with Gasteiger partial charge in [0.05, 0.1) is 19.0 Å². The lowest BCUT2D eigenvalue weighted by molar-refractivity contribution is 0.109. The first-order valence-electron chi connectivity index (χ1n) is 10.3. The Balaban J connectivity index is 1.72. The Labute approximate surface area is 172 Å². The molecule has 0 radical (unpaired) electrons. The van der Waals surface area contributed by atoms with Crippen molar-refractivity contribution in [1.82, 2.24) is 14.8 Å². The molecule has 150 valence electrons. The van der Waals surface area contributed by atoms with Crippen LogP contribution in [0.15, 0.2) is 65.9 Å². The molecule has 4 rings (SSSR count). The number of aromatic nitrogens is 2. The Morgan fingerprint density at radius 1 is 1.00 bits per heavy atom. The molecule has 2 heterocycles. The zero-order valence-electron chi connectivity index (χ0n) is 17.3. The fourth-order valence-corrected chi connectivity index (χ4v) is 3.93. The van der Waals surface area contributed by atoms with Crippen molar-refractivity contribution in [3.05, 3.63) is 66.4 Å². The molecule has 1 fully saturated rings. The Hall–Kier alpha value is -3.08. The molecule has 0 amide bonds. The predicted molar refractivity (Wildman–Crippen MR) is 118 cm³/mol. The lowest BCUT2D eigenvalue weighted by Crippen LogP contribution is -2.39. The van der Waals surface area contributed by atoms with Crippen LogP contribution in [-0.2, 0) is 0 Å². The highest BCUT2D eigenvalue weighted by Gasteiger charge is 2.23. The van der Waals surface area contributed by atoms with E-state index in [0.29, 0.717) is 12.1 Å². The van der Waals surface area contributed by atoms with E-state index < -0.39 is 0 Å². The van der Waals surface area contributed by atoms with Crippen LogP contribution in [0, 0.1) is 0 Å². The summed E-state index contributed by atoms with van der Waals surface area (Å²) < 4.78 is 7.22. The molecular formula is C24H28N4O. The minimum atomic E-state index is 0.462. The van der Waals surface area contributed by atoms with Crippen molar-refractivity contribution < 1.29 is 4.74 Å². The fraction of sp³-hybridized carbons (Fsp3) is 0.333. The number of piperidine rings is 1. The summed E-state index contributed by atoms with van der Waals surface area (Å²) in [6.45, 7) is 4.51. The fourth-order valence-electron chi connectivity index (χ4n) is 3.93. The lowest BCUT2D eigenvalue weighted by Gasteiger charge is -2.36. The molecule has 2 aromatic carbocycles. The van der Waals surface area contributed by atoms with Crippen molar-refractivity contribution in [3.63, 3.8) is 0 Å². The van der Waals surface area contributed by atoms with E-state index in [1.165, 1.54) is 19.3 Å². The number of methoxy groups -OCH3 is 1. The van der Waals surface area contributed by atoms with Crippen LogP contribution in [0.1, 0.15) is 38.7 Å². The Kier molecular flexibility index (Phi) is 5.65. The molecule has 0 bridgehead atoms. The van der Waals surface area contributed by atoms with E-state index in [9.17, 15) is 0 Å². The molecule has 1 aliphatic rings. The summed E-state index contributed by atoms with van der Waals surface area (Å²) in [5.74, 6) is 0.836. The summed E-state index contributed by atoms with van der Waals surface area (Å²) in [4.78, 5) is 0. The smallest absolute Gasteiger partial charge is 0.118 e. The van der Waals surface area contributed by atoms with Gasteiger partial charge in [-0.05, 0) is 69.5 Å². The number of hydrazone groups is 1. The number of nitrogens with zero attached hydrogens (tertiary/aromatic N) is 4. The normalized spacial score (nSPS) is 19.6. The third-order valence-corrected chi connectivity index (χ3v) is 5.60. The monoisotopic (exact) mass is 388 g/mol. The van der Waals surface area contributed by atoms with Crippen LogP contribution in [-0.4, -0.2) is 40.2 Å². The molecule has 0 saturated carbocycles. The first-order chi connectivity index (χ1) is 14.2. The zero-order chi connectivity index (χ0) is 20.2. The number of benzene rings is 2. The topological polar surface area (TPSA) is 42.6 Å². The molecular weight excluding hydrogens is 360 g/mol. The number of hydrogen-bond donors (Lipinski definition) is 0. The van der Waals surface area contributed by atoms with E-state index in [2.05, 4.69) is 37.2 Å². The van der Waals surface area contributed by atoms with Gasteiger partial charge in [-0.25, -0.2) is 4.68 Å². The first-order valence-corrected chi connectivity index (χ1v) is 10.3. The van der Waals surface area contributed by atoms with Gasteiger partial charge in [0, 0.05) is 29.4 Å². The summed E-state index contributed by atoms with van der Waals surface area (Å²) in [6.07, 6.45) is 7.67. The van der Waals surface area contributed by atoms with E-state index >= 15 is 0 Å². The second-order valence-electron chi connectivity index (χ2n) is 7.70. The number of ether oxygens (including phenoxy) is 1. The minimum Gasteiger partial charge on any atom is -0.497 e. The molecule has 1 aromatic heterocycles. The maximum absolute atomic E-state index is 5.30. The van der Waals surface area contributed by atoms with Gasteiger partial charge >= 0.3 is 0 Å². The number of rotatable bonds is 5. The standard InChI is InChI=1S/C24H28N4O/c1-18-8-7-9-19(2)28(18)25-16-21-17-27(22-10-5-4-6-11-22)26-24(21)20-12-14-23(29-3)15-13-20/h4-6,10-19H,7-9H2,1-3H3. The minimum absolute atomic E-state index is 0.462. The van der Waals surface area contributed by atoms with Crippen LogP contribution < -0.4 is 4.74 Å². The van der Waals surface area contributed by atoms with Crippen LogP contribution in [0.25, 0.3) is 16.9 Å². The van der Waals surface area contributed by atoms with Crippen molar-refractivity contribution in [2.45, 2.75) is 45.2 Å². The van der Waals surface area contributed by atoms with E-state index in [0.717, 1.165) is 28.3 Å². The van der Waals surface area contributed by atoms with Gasteiger partial charge in [-0.2, -0.15) is 10.2 Å². The summed E-state index contributed by atoms with van der Waals surface area (Å²) in [5, 5.41) is 12.0. The summed E-state index contributed by atoms with van der Waals surface area (Å²) in [6, 6.07) is 19.1. The molecule has 5 heteroatoms. The average molecular weight is 389 g/mol. The molecule has 5 nitrogen and oxygen atoms in total. The largest absolute Gasteiger partial charge is 0.497 e. The van der Waals surface area contributed by atoms with Crippen molar-refractivity contribution in [1.29, 1.82) is 0 Å². The van der Waals surface area contributed by atoms with Gasteiger partial charge in [0.25, 0.3) is 0 Å². The van der Waals surface area contributed by atoms with E-state index in [1.807, 2.05) is 53.4 Å². The molecule has 2 unspecified atom stereocenters. The number of para-hydroxylation sites is 1. The predicted octanol–water partition coefficient (Wildman–Crippen LogP) is 5.14. The zero-order valence-corrected chi connectivity index (χ0v) is 17.3. The summed E-state index contributed by atoms with van der Waals surface area (Å²) in [5.41, 5.74) is 3.99. The third kappa shape index (κ3) is 4.19. The van der Waals surface area contributed by atoms with E-state index in [1.54, 1.807) is 7.11 Å². The van der Waals surface area contributed by atoms with Crippen molar-refractivity contribution in [3.8, 4) is 22.7 Å². The molecule has 0 spiro atoms. The Bertz CT molecular complexity index is 952. The third-order valence-electron chi connectivity index (χ3n) is 5.60. The van der Waals surface area contributed by atoms with Crippen LogP contribution >= 0.6 is 0 Å². The average Bonchev–Trinajstić information content (AvgIpc) is 3.18. The van der Waals surface area contributed by atoms with Gasteiger partial charge in [-0.1, -0.05) is 18.2 Å². The Morgan fingerprint density at radius 2 is 1.69 bits per heavy atom.